The average molecular weight is 115 g/mol. The van der Waals surface area contributed by atoms with E-state index in [-0.39, 0.29) is 0 Å². The fourth-order valence-corrected chi connectivity index (χ4v) is 1.20. The Morgan fingerprint density at radius 1 is 1.43 bits per heavy atom. The van der Waals surface area contributed by atoms with E-state index in [1.807, 2.05) is 13.0 Å². The van der Waals surface area contributed by atoms with Gasteiger partial charge in [-0.2, -0.15) is 0 Å². The summed E-state index contributed by atoms with van der Waals surface area (Å²) in [4.78, 5) is 10.8. The molecule has 0 aliphatic heterocycles. The Labute approximate surface area is 45.8 Å². The van der Waals surface area contributed by atoms with Gasteiger partial charge in [-0.1, -0.05) is 11.8 Å². The van der Waals surface area contributed by atoms with E-state index in [9.17, 15) is 4.80 Å². The normalized spacial score (nSPS) is 13.1. The van der Waals surface area contributed by atoms with Gasteiger partial charge in [-0.3, -0.25) is 4.80 Å². The smallest absolute Gasteiger partial charge is 0.254 e. The van der Waals surface area contributed by atoms with Crippen molar-refractivity contribution in [2.45, 2.75) is 20.0 Å². The van der Waals surface area contributed by atoms with Gasteiger partial charge in [0.15, 0.2) is 0 Å². The van der Waals surface area contributed by atoms with Gasteiger partial charge in [0.2, 0.25) is 0 Å². The van der Waals surface area contributed by atoms with E-state index in [1.54, 1.807) is 18.8 Å². The van der Waals surface area contributed by atoms with Gasteiger partial charge < -0.3 is 0 Å². The van der Waals surface area contributed by atoms with E-state index in [4.69, 9.17) is 0 Å². The number of rotatable bonds is 1. The Morgan fingerprint density at radius 2 is 1.86 bits per heavy atom. The third-order valence-electron chi connectivity index (χ3n) is 0.568. The highest BCUT2D eigenvalue weighted by molar-refractivity contribution is 6.74. The molecule has 0 aromatic carbocycles. The summed E-state index contributed by atoms with van der Waals surface area (Å²) in [6.45, 7) is 5.42. The molecule has 0 saturated carbocycles. The van der Waals surface area contributed by atoms with Crippen molar-refractivity contribution in [1.29, 1.82) is 0 Å². The Balaban J connectivity index is 3.56. The lowest BCUT2D eigenvalue weighted by Crippen LogP contribution is -2.18. The first kappa shape index (κ1) is 6.92. The highest BCUT2D eigenvalue weighted by Gasteiger charge is 2.12. The molecule has 0 bridgehead atoms. The lowest BCUT2D eigenvalue weighted by atomic mass is 10.8. The van der Waals surface area contributed by atoms with E-state index in [0.717, 1.165) is 0 Å². The molecule has 0 atom stereocenters. The van der Waals surface area contributed by atoms with E-state index >= 15 is 0 Å². The third kappa shape index (κ3) is 5.92. The molecule has 0 fully saturated rings. The van der Waals surface area contributed by atoms with Crippen molar-refractivity contribution >= 4 is 8.32 Å². The molecule has 0 amide bonds. The van der Waals surface area contributed by atoms with Crippen LogP contribution in [-0.2, 0) is 4.80 Å². The zero-order valence-corrected chi connectivity index (χ0v) is 6.06. The minimum absolute atomic E-state index is 1.77. The van der Waals surface area contributed by atoms with Crippen molar-refractivity contribution in [3.8, 4) is 0 Å². The van der Waals surface area contributed by atoms with Crippen LogP contribution in [-0.4, -0.2) is 8.32 Å². The van der Waals surface area contributed by atoms with Crippen molar-refractivity contribution < 1.29 is 4.80 Å². The van der Waals surface area contributed by atoms with Gasteiger partial charge in [0, 0.05) is 0 Å². The molecular weight excluding hydrogens is 104 g/mol. The van der Waals surface area contributed by atoms with Gasteiger partial charge in [-0.05, 0) is 20.0 Å². The minimum Gasteiger partial charge on any atom is -0.293 e. The fraction of sp³-hybridized carbons (Fsp3) is 0.600. The molecule has 0 unspecified atom stereocenters. The molecule has 0 heterocycles. The molecule has 7 heavy (non-hydrogen) atoms. The molecule has 1 radical (unpaired) electrons. The lowest BCUT2D eigenvalue weighted by Gasteiger charge is -1.99. The van der Waals surface area contributed by atoms with E-state index in [2.05, 4.69) is 0 Å². The summed E-state index contributed by atoms with van der Waals surface area (Å²) >= 11 is 0. The summed E-state index contributed by atoms with van der Waals surface area (Å²) < 4.78 is 0. The maximum atomic E-state index is 10.8. The molecule has 0 aliphatic rings. The maximum Gasteiger partial charge on any atom is 0.254 e. The van der Waals surface area contributed by atoms with Gasteiger partial charge in [0.25, 0.3) is 8.32 Å². The van der Waals surface area contributed by atoms with Crippen LogP contribution in [0.2, 0.25) is 13.1 Å². The standard InChI is InChI=1S/C5H11OSi/c1-4-5-7(2,3)6/h4-5H,1-3H3/b5-4+. The van der Waals surface area contributed by atoms with Crippen molar-refractivity contribution in [3.05, 3.63) is 11.8 Å². The van der Waals surface area contributed by atoms with Crippen LogP contribution in [0.4, 0.5) is 0 Å². The second kappa shape index (κ2) is 2.28. The van der Waals surface area contributed by atoms with Crippen molar-refractivity contribution in [2.24, 2.45) is 0 Å². The van der Waals surface area contributed by atoms with Crippen molar-refractivity contribution in [1.82, 2.24) is 0 Å². The van der Waals surface area contributed by atoms with Crippen LogP contribution in [0, 0.1) is 0 Å². The van der Waals surface area contributed by atoms with Crippen molar-refractivity contribution in [3.63, 3.8) is 0 Å². The molecule has 0 spiro atoms. The molecule has 0 rings (SSSR count). The zero-order chi connectivity index (χ0) is 5.91. The van der Waals surface area contributed by atoms with Crippen LogP contribution in [0.15, 0.2) is 11.8 Å². The molecule has 1 nitrogen and oxygen atoms in total. The summed E-state index contributed by atoms with van der Waals surface area (Å²) in [5.74, 6) is 0. The van der Waals surface area contributed by atoms with Crippen LogP contribution in [0.25, 0.3) is 0 Å². The van der Waals surface area contributed by atoms with Crippen LogP contribution in [0.3, 0.4) is 0 Å². The SMILES string of the molecule is C/C=C/[Si](C)(C)[O]. The largest absolute Gasteiger partial charge is 0.293 e. The third-order valence-corrected chi connectivity index (χ3v) is 1.70. The quantitative estimate of drug-likeness (QED) is 0.464. The van der Waals surface area contributed by atoms with Crippen molar-refractivity contribution in [2.75, 3.05) is 0 Å². The predicted octanol–water partition coefficient (Wildman–Crippen LogP) is 1.74. The van der Waals surface area contributed by atoms with Crippen LogP contribution in [0.5, 0.6) is 0 Å². The highest BCUT2D eigenvalue weighted by atomic mass is 28.4. The number of allylic oxidation sites excluding steroid dienone is 1. The van der Waals surface area contributed by atoms with E-state index in [0.29, 0.717) is 0 Å². The molecule has 2 heteroatoms. The monoisotopic (exact) mass is 115 g/mol. The van der Waals surface area contributed by atoms with Gasteiger partial charge in [-0.25, -0.2) is 0 Å². The van der Waals surface area contributed by atoms with Gasteiger partial charge in [0.1, 0.15) is 0 Å². The summed E-state index contributed by atoms with van der Waals surface area (Å²) in [5, 5.41) is 0. The van der Waals surface area contributed by atoms with Gasteiger partial charge in [0.05, 0.1) is 0 Å². The number of hydrogen-bond acceptors (Lipinski definition) is 0. The first-order chi connectivity index (χ1) is 3.06. The predicted molar refractivity (Wildman–Crippen MR) is 33.0 cm³/mol. The molecule has 0 aromatic rings. The summed E-state index contributed by atoms with van der Waals surface area (Å²) in [6, 6.07) is 0. The summed E-state index contributed by atoms with van der Waals surface area (Å²) in [5.41, 5.74) is 1.77. The van der Waals surface area contributed by atoms with Crippen LogP contribution < -0.4 is 0 Å². The highest BCUT2D eigenvalue weighted by Crippen LogP contribution is 1.96. The molecule has 41 valence electrons. The average Bonchev–Trinajstić information content (AvgIpc) is 1.30. The first-order valence-electron chi connectivity index (χ1n) is 2.40. The molecule has 0 N–H and O–H groups in total. The topological polar surface area (TPSA) is 19.9 Å². The Hall–Kier alpha value is -0.0831. The fourth-order valence-electron chi connectivity index (χ4n) is 0.401. The minimum atomic E-state index is -2.09. The Morgan fingerprint density at radius 3 is 1.86 bits per heavy atom. The Kier molecular flexibility index (Phi) is 2.26. The summed E-state index contributed by atoms with van der Waals surface area (Å²) in [7, 11) is -2.09. The summed E-state index contributed by atoms with van der Waals surface area (Å²) in [6.07, 6.45) is 1.83. The van der Waals surface area contributed by atoms with E-state index in [1.165, 1.54) is 0 Å². The molecule has 0 saturated heterocycles. The second-order valence-electron chi connectivity index (χ2n) is 2.10. The number of hydrogen-bond donors (Lipinski definition) is 0. The maximum absolute atomic E-state index is 10.8. The van der Waals surface area contributed by atoms with E-state index < -0.39 is 8.32 Å². The Bertz CT molecular complexity index is 70.6. The first-order valence-corrected chi connectivity index (χ1v) is 5.39. The van der Waals surface area contributed by atoms with Crippen LogP contribution >= 0.6 is 0 Å². The second-order valence-corrected chi connectivity index (χ2v) is 5.64. The molecule has 0 aromatic heterocycles. The lowest BCUT2D eigenvalue weighted by molar-refractivity contribution is 0.442. The molecular formula is C5H11OSi. The van der Waals surface area contributed by atoms with Gasteiger partial charge in [-0.15, -0.1) is 0 Å². The van der Waals surface area contributed by atoms with Crippen LogP contribution in [0.1, 0.15) is 6.92 Å². The zero-order valence-electron chi connectivity index (χ0n) is 5.06. The molecule has 0 aliphatic carbocycles. The van der Waals surface area contributed by atoms with Gasteiger partial charge >= 0.3 is 0 Å².